The van der Waals surface area contributed by atoms with E-state index in [1.165, 1.54) is 0 Å². The third-order valence-electron chi connectivity index (χ3n) is 4.47. The molecule has 5 heteroatoms. The summed E-state index contributed by atoms with van der Waals surface area (Å²) in [5.41, 5.74) is 3.82. The summed E-state index contributed by atoms with van der Waals surface area (Å²) in [6.07, 6.45) is 6.13. The lowest BCUT2D eigenvalue weighted by Gasteiger charge is -2.19. The molecular weight excluding hydrogens is 326 g/mol. The number of nitrogens with one attached hydrogen (secondary N) is 2. The van der Waals surface area contributed by atoms with Crippen LogP contribution in [0.2, 0.25) is 0 Å². The highest BCUT2D eigenvalue weighted by Crippen LogP contribution is 2.20. The Labute approximate surface area is 155 Å². The molecule has 1 atom stereocenters. The van der Waals surface area contributed by atoms with Crippen LogP contribution in [0.1, 0.15) is 55.3 Å². The van der Waals surface area contributed by atoms with E-state index in [1.54, 1.807) is 12.4 Å². The molecule has 1 aromatic carbocycles. The summed E-state index contributed by atoms with van der Waals surface area (Å²) < 4.78 is 0. The molecule has 2 N–H and O–H groups in total. The molecule has 0 bridgehead atoms. The Morgan fingerprint density at radius 2 is 1.92 bits per heavy atom. The molecule has 2 amide bonds. The molecule has 0 spiro atoms. The molecular formula is C21H27N3O2. The highest BCUT2D eigenvalue weighted by Gasteiger charge is 2.17. The first-order valence-corrected chi connectivity index (χ1v) is 9.06. The number of rotatable bonds is 8. The Morgan fingerprint density at radius 1 is 1.12 bits per heavy atom. The van der Waals surface area contributed by atoms with Gasteiger partial charge < -0.3 is 10.6 Å². The van der Waals surface area contributed by atoms with Crippen LogP contribution in [0.5, 0.6) is 0 Å². The molecule has 0 radical (unpaired) electrons. The number of aryl methyl sites for hydroxylation is 1. The summed E-state index contributed by atoms with van der Waals surface area (Å²) in [5.74, 6) is -0.589. The van der Waals surface area contributed by atoms with Crippen molar-refractivity contribution >= 4 is 17.5 Å². The average Bonchev–Trinajstić information content (AvgIpc) is 2.63. The number of unbranched alkanes of at least 4 members (excludes halogenated alkanes) is 1. The van der Waals surface area contributed by atoms with E-state index in [0.717, 1.165) is 41.6 Å². The minimum Gasteiger partial charge on any atom is -0.349 e. The molecule has 0 aliphatic carbocycles. The Bertz CT molecular complexity index is 744. The standard InChI is InChI=1S/C21H27N3O2/c1-4-5-10-19(17-9-7-12-22-14-17)24-21(26)13-20(25)23-18-11-6-8-15(2)16(18)3/h6-9,11-12,14,19H,4-5,10,13H2,1-3H3,(H,23,25)(H,24,26). The topological polar surface area (TPSA) is 71.1 Å². The highest BCUT2D eigenvalue weighted by atomic mass is 16.2. The smallest absolute Gasteiger partial charge is 0.233 e. The van der Waals surface area contributed by atoms with Crippen molar-refractivity contribution in [1.29, 1.82) is 0 Å². The van der Waals surface area contributed by atoms with E-state index in [4.69, 9.17) is 0 Å². The maximum Gasteiger partial charge on any atom is 0.233 e. The van der Waals surface area contributed by atoms with Crippen LogP contribution >= 0.6 is 0 Å². The molecule has 2 aromatic rings. The zero-order valence-electron chi connectivity index (χ0n) is 15.7. The normalized spacial score (nSPS) is 11.7. The average molecular weight is 353 g/mol. The van der Waals surface area contributed by atoms with Crippen molar-refractivity contribution in [3.63, 3.8) is 0 Å². The minimum atomic E-state index is -0.309. The lowest BCUT2D eigenvalue weighted by molar-refractivity contribution is -0.127. The Hall–Kier alpha value is -2.69. The summed E-state index contributed by atoms with van der Waals surface area (Å²) in [4.78, 5) is 28.7. The predicted molar refractivity (Wildman–Crippen MR) is 104 cm³/mol. The number of hydrogen-bond acceptors (Lipinski definition) is 3. The molecule has 0 saturated heterocycles. The van der Waals surface area contributed by atoms with Crippen LogP contribution in [0.3, 0.4) is 0 Å². The van der Waals surface area contributed by atoms with E-state index in [-0.39, 0.29) is 24.3 Å². The van der Waals surface area contributed by atoms with E-state index in [2.05, 4.69) is 22.5 Å². The third kappa shape index (κ3) is 5.69. The molecule has 2 rings (SSSR count). The van der Waals surface area contributed by atoms with Gasteiger partial charge in [0.25, 0.3) is 0 Å². The van der Waals surface area contributed by atoms with Gasteiger partial charge in [-0.25, -0.2) is 0 Å². The van der Waals surface area contributed by atoms with Crippen molar-refractivity contribution in [3.05, 3.63) is 59.4 Å². The summed E-state index contributed by atoms with van der Waals surface area (Å²) in [7, 11) is 0. The number of nitrogens with zero attached hydrogens (tertiary/aromatic N) is 1. The molecule has 0 aliphatic heterocycles. The second-order valence-corrected chi connectivity index (χ2v) is 6.52. The molecule has 0 saturated carbocycles. The van der Waals surface area contributed by atoms with E-state index in [1.807, 2.05) is 44.2 Å². The Morgan fingerprint density at radius 3 is 2.62 bits per heavy atom. The summed E-state index contributed by atoms with van der Waals surface area (Å²) >= 11 is 0. The van der Waals surface area contributed by atoms with Crippen molar-refractivity contribution in [2.75, 3.05) is 5.32 Å². The SMILES string of the molecule is CCCCC(NC(=O)CC(=O)Nc1cccc(C)c1C)c1cccnc1. The molecule has 0 aliphatic rings. The van der Waals surface area contributed by atoms with Crippen LogP contribution in [-0.4, -0.2) is 16.8 Å². The van der Waals surface area contributed by atoms with Gasteiger partial charge in [0.05, 0.1) is 6.04 Å². The predicted octanol–water partition coefficient (Wildman–Crippen LogP) is 4.07. The second-order valence-electron chi connectivity index (χ2n) is 6.52. The van der Waals surface area contributed by atoms with Gasteiger partial charge in [-0.3, -0.25) is 14.6 Å². The van der Waals surface area contributed by atoms with Gasteiger partial charge in [-0.05, 0) is 49.1 Å². The van der Waals surface area contributed by atoms with Gasteiger partial charge in [0.2, 0.25) is 11.8 Å². The largest absolute Gasteiger partial charge is 0.349 e. The highest BCUT2D eigenvalue weighted by molar-refractivity contribution is 6.04. The maximum absolute atomic E-state index is 12.4. The van der Waals surface area contributed by atoms with Crippen LogP contribution in [-0.2, 0) is 9.59 Å². The second kappa shape index (κ2) is 9.70. The molecule has 1 heterocycles. The fraction of sp³-hybridized carbons (Fsp3) is 0.381. The zero-order chi connectivity index (χ0) is 18.9. The summed E-state index contributed by atoms with van der Waals surface area (Å²) in [6, 6.07) is 9.41. The van der Waals surface area contributed by atoms with Crippen LogP contribution in [0.25, 0.3) is 0 Å². The number of carbonyl (C=O) groups excluding carboxylic acids is 2. The molecule has 1 aromatic heterocycles. The van der Waals surface area contributed by atoms with Crippen molar-refractivity contribution in [2.45, 2.75) is 52.5 Å². The van der Waals surface area contributed by atoms with Crippen LogP contribution in [0.15, 0.2) is 42.7 Å². The number of pyridine rings is 1. The van der Waals surface area contributed by atoms with Crippen molar-refractivity contribution in [3.8, 4) is 0 Å². The summed E-state index contributed by atoms with van der Waals surface area (Å²) in [5, 5.41) is 5.80. The molecule has 138 valence electrons. The minimum absolute atomic E-state index is 0.121. The first-order chi connectivity index (χ1) is 12.5. The quantitative estimate of drug-likeness (QED) is 0.703. The number of anilines is 1. The van der Waals surface area contributed by atoms with Gasteiger partial charge in [-0.15, -0.1) is 0 Å². The van der Waals surface area contributed by atoms with Crippen molar-refractivity contribution in [1.82, 2.24) is 10.3 Å². The van der Waals surface area contributed by atoms with Gasteiger partial charge in [-0.1, -0.05) is 38.0 Å². The fourth-order valence-corrected chi connectivity index (χ4v) is 2.78. The lowest BCUT2D eigenvalue weighted by Crippen LogP contribution is -2.31. The number of carbonyl (C=O) groups is 2. The van der Waals surface area contributed by atoms with Crippen LogP contribution in [0, 0.1) is 13.8 Å². The van der Waals surface area contributed by atoms with Crippen LogP contribution in [0.4, 0.5) is 5.69 Å². The lowest BCUT2D eigenvalue weighted by atomic mass is 10.0. The molecule has 26 heavy (non-hydrogen) atoms. The van der Waals surface area contributed by atoms with Gasteiger partial charge in [-0.2, -0.15) is 0 Å². The van der Waals surface area contributed by atoms with Gasteiger partial charge in [0.15, 0.2) is 0 Å². The third-order valence-corrected chi connectivity index (χ3v) is 4.47. The molecule has 0 fully saturated rings. The monoisotopic (exact) mass is 353 g/mol. The van der Waals surface area contributed by atoms with E-state index in [0.29, 0.717) is 0 Å². The maximum atomic E-state index is 12.4. The van der Waals surface area contributed by atoms with Crippen LogP contribution < -0.4 is 10.6 Å². The first-order valence-electron chi connectivity index (χ1n) is 9.06. The molecule has 5 nitrogen and oxygen atoms in total. The Kier molecular flexibility index (Phi) is 7.33. The fourth-order valence-electron chi connectivity index (χ4n) is 2.78. The Balaban J connectivity index is 1.96. The van der Waals surface area contributed by atoms with Crippen molar-refractivity contribution in [2.24, 2.45) is 0 Å². The number of hydrogen-bond donors (Lipinski definition) is 2. The first kappa shape index (κ1) is 19.6. The van der Waals surface area contributed by atoms with E-state index < -0.39 is 0 Å². The van der Waals surface area contributed by atoms with E-state index >= 15 is 0 Å². The van der Waals surface area contributed by atoms with Gasteiger partial charge in [0, 0.05) is 18.1 Å². The number of benzene rings is 1. The summed E-state index contributed by atoms with van der Waals surface area (Å²) in [6.45, 7) is 6.05. The van der Waals surface area contributed by atoms with Gasteiger partial charge in [0.1, 0.15) is 6.42 Å². The van der Waals surface area contributed by atoms with Gasteiger partial charge >= 0.3 is 0 Å². The number of amides is 2. The van der Waals surface area contributed by atoms with E-state index in [9.17, 15) is 9.59 Å². The number of aromatic nitrogens is 1. The zero-order valence-corrected chi connectivity index (χ0v) is 15.7. The van der Waals surface area contributed by atoms with Crippen molar-refractivity contribution < 1.29 is 9.59 Å². The molecule has 1 unspecified atom stereocenters.